The molecule has 0 aliphatic heterocycles. The van der Waals surface area contributed by atoms with Gasteiger partial charge >= 0.3 is 0 Å². The second-order valence-corrected chi connectivity index (χ2v) is 7.08. The fraction of sp³-hybridized carbons (Fsp3) is 0.733. The summed E-state index contributed by atoms with van der Waals surface area (Å²) < 4.78 is 5.35. The summed E-state index contributed by atoms with van der Waals surface area (Å²) in [7, 11) is 3.96. The molecule has 3 nitrogen and oxygen atoms in total. The molecule has 1 atom stereocenters. The van der Waals surface area contributed by atoms with Gasteiger partial charge in [0, 0.05) is 36.7 Å². The molecule has 1 aromatic rings. The lowest BCUT2D eigenvalue weighted by Gasteiger charge is -2.31. The number of nitrogens with one attached hydrogen (secondary N) is 1. The third-order valence-corrected chi connectivity index (χ3v) is 4.08. The Hall–Kier alpha value is -0.420. The standard InChI is InChI=1S/C15H28N2OS/c1-15(2,3)16-11-13(12-18-5)17(4)9-8-14-7-6-10-19-14/h6-7,10,13,16H,8-9,11-12H2,1-5H3. The average molecular weight is 284 g/mol. The topological polar surface area (TPSA) is 24.5 Å². The van der Waals surface area contributed by atoms with Crippen LogP contribution in [0.25, 0.3) is 0 Å². The molecular weight excluding hydrogens is 256 g/mol. The molecule has 0 spiro atoms. The van der Waals surface area contributed by atoms with Gasteiger partial charge in [0.05, 0.1) is 6.61 Å². The first-order chi connectivity index (χ1) is 8.92. The lowest BCUT2D eigenvalue weighted by Crippen LogP contribution is -2.48. The van der Waals surface area contributed by atoms with Gasteiger partial charge < -0.3 is 10.1 Å². The van der Waals surface area contributed by atoms with Gasteiger partial charge in [-0.2, -0.15) is 0 Å². The summed E-state index contributed by atoms with van der Waals surface area (Å²) in [4.78, 5) is 3.84. The number of rotatable bonds is 8. The van der Waals surface area contributed by atoms with Crippen molar-refractivity contribution in [2.24, 2.45) is 0 Å². The molecule has 0 aliphatic rings. The van der Waals surface area contributed by atoms with Crippen LogP contribution in [0.2, 0.25) is 0 Å². The first-order valence-corrected chi connectivity index (χ1v) is 7.77. The van der Waals surface area contributed by atoms with Gasteiger partial charge in [-0.15, -0.1) is 11.3 Å². The Balaban J connectivity index is 2.40. The van der Waals surface area contributed by atoms with Gasteiger partial charge in [0.25, 0.3) is 0 Å². The number of hydrogen-bond acceptors (Lipinski definition) is 4. The van der Waals surface area contributed by atoms with Crippen molar-refractivity contribution in [1.29, 1.82) is 0 Å². The molecule has 1 unspecified atom stereocenters. The molecule has 110 valence electrons. The van der Waals surface area contributed by atoms with Crippen LogP contribution in [0.15, 0.2) is 17.5 Å². The molecule has 0 saturated heterocycles. The maximum atomic E-state index is 5.35. The summed E-state index contributed by atoms with van der Waals surface area (Å²) in [6, 6.07) is 4.74. The van der Waals surface area contributed by atoms with E-state index >= 15 is 0 Å². The predicted octanol–water partition coefficient (Wildman–Crippen LogP) is 2.63. The Labute approximate surface area is 122 Å². The normalized spacial score (nSPS) is 14.0. The van der Waals surface area contributed by atoms with E-state index in [1.165, 1.54) is 4.88 Å². The summed E-state index contributed by atoms with van der Waals surface area (Å²) in [5, 5.41) is 5.70. The van der Waals surface area contributed by atoms with Crippen molar-refractivity contribution in [1.82, 2.24) is 10.2 Å². The number of ether oxygens (including phenoxy) is 1. The molecular formula is C15H28N2OS. The molecule has 0 amide bonds. The largest absolute Gasteiger partial charge is 0.383 e. The maximum absolute atomic E-state index is 5.35. The van der Waals surface area contributed by atoms with E-state index in [1.807, 2.05) is 11.3 Å². The molecule has 1 rings (SSSR count). The zero-order valence-corrected chi connectivity index (χ0v) is 13.7. The molecule has 1 N–H and O–H groups in total. The number of thiophene rings is 1. The number of likely N-dealkylation sites (N-methyl/N-ethyl adjacent to an activating group) is 1. The summed E-state index contributed by atoms with van der Waals surface area (Å²) in [5.41, 5.74) is 0.153. The Morgan fingerprint density at radius 2 is 2.16 bits per heavy atom. The van der Waals surface area contributed by atoms with Crippen LogP contribution in [-0.4, -0.2) is 50.3 Å². The number of methoxy groups -OCH3 is 1. The van der Waals surface area contributed by atoms with Crippen LogP contribution in [0.4, 0.5) is 0 Å². The summed E-state index contributed by atoms with van der Waals surface area (Å²) in [6.45, 7) is 9.39. The predicted molar refractivity (Wildman–Crippen MR) is 84.1 cm³/mol. The van der Waals surface area contributed by atoms with Crippen LogP contribution in [0.3, 0.4) is 0 Å². The van der Waals surface area contributed by atoms with E-state index in [2.05, 4.69) is 55.5 Å². The fourth-order valence-corrected chi connectivity index (χ4v) is 2.58. The Morgan fingerprint density at radius 3 is 2.68 bits per heavy atom. The molecule has 0 fully saturated rings. The molecule has 1 heterocycles. The molecule has 1 aromatic heterocycles. The highest BCUT2D eigenvalue weighted by atomic mass is 32.1. The van der Waals surface area contributed by atoms with Gasteiger partial charge in [0.15, 0.2) is 0 Å². The smallest absolute Gasteiger partial charge is 0.0630 e. The van der Waals surface area contributed by atoms with Crippen molar-refractivity contribution in [2.75, 3.05) is 33.9 Å². The van der Waals surface area contributed by atoms with E-state index in [1.54, 1.807) is 7.11 Å². The maximum Gasteiger partial charge on any atom is 0.0630 e. The SMILES string of the molecule is COCC(CNC(C)(C)C)N(C)CCc1cccs1. The highest BCUT2D eigenvalue weighted by molar-refractivity contribution is 7.09. The van der Waals surface area contributed by atoms with E-state index in [0.29, 0.717) is 6.04 Å². The van der Waals surface area contributed by atoms with E-state index in [0.717, 1.165) is 26.1 Å². The van der Waals surface area contributed by atoms with Crippen LogP contribution in [0.5, 0.6) is 0 Å². The van der Waals surface area contributed by atoms with Crippen LogP contribution < -0.4 is 5.32 Å². The quantitative estimate of drug-likeness (QED) is 0.794. The van der Waals surface area contributed by atoms with Crippen LogP contribution in [0.1, 0.15) is 25.6 Å². The fourth-order valence-electron chi connectivity index (χ4n) is 1.88. The van der Waals surface area contributed by atoms with Crippen molar-refractivity contribution >= 4 is 11.3 Å². The van der Waals surface area contributed by atoms with Crippen molar-refractivity contribution < 1.29 is 4.74 Å². The molecule has 0 saturated carbocycles. The van der Waals surface area contributed by atoms with Gasteiger partial charge in [-0.1, -0.05) is 6.07 Å². The van der Waals surface area contributed by atoms with Crippen molar-refractivity contribution in [2.45, 2.75) is 38.8 Å². The van der Waals surface area contributed by atoms with Crippen LogP contribution in [-0.2, 0) is 11.2 Å². The molecule has 0 aromatic carbocycles. The lowest BCUT2D eigenvalue weighted by atomic mass is 10.1. The van der Waals surface area contributed by atoms with E-state index in [4.69, 9.17) is 4.74 Å². The van der Waals surface area contributed by atoms with Crippen LogP contribution in [0, 0.1) is 0 Å². The Bertz CT molecular complexity index is 332. The monoisotopic (exact) mass is 284 g/mol. The molecule has 0 bridgehead atoms. The first-order valence-electron chi connectivity index (χ1n) is 6.89. The van der Waals surface area contributed by atoms with Gasteiger partial charge in [-0.3, -0.25) is 4.90 Å². The molecule has 0 radical (unpaired) electrons. The van der Waals surface area contributed by atoms with Crippen LogP contribution >= 0.6 is 11.3 Å². The average Bonchev–Trinajstić information content (AvgIpc) is 2.83. The summed E-state index contributed by atoms with van der Waals surface area (Å²) in [5.74, 6) is 0. The minimum Gasteiger partial charge on any atom is -0.383 e. The highest BCUT2D eigenvalue weighted by Gasteiger charge is 2.18. The Morgan fingerprint density at radius 1 is 1.42 bits per heavy atom. The van der Waals surface area contributed by atoms with Gasteiger partial charge in [-0.25, -0.2) is 0 Å². The third-order valence-electron chi connectivity index (χ3n) is 3.14. The lowest BCUT2D eigenvalue weighted by molar-refractivity contribution is 0.102. The van der Waals surface area contributed by atoms with Crippen molar-refractivity contribution in [3.8, 4) is 0 Å². The van der Waals surface area contributed by atoms with Gasteiger partial charge in [0.2, 0.25) is 0 Å². The molecule has 4 heteroatoms. The van der Waals surface area contributed by atoms with Gasteiger partial charge in [-0.05, 0) is 45.7 Å². The van der Waals surface area contributed by atoms with E-state index in [-0.39, 0.29) is 5.54 Å². The molecule has 19 heavy (non-hydrogen) atoms. The molecule has 0 aliphatic carbocycles. The van der Waals surface area contributed by atoms with Crippen molar-refractivity contribution in [3.63, 3.8) is 0 Å². The van der Waals surface area contributed by atoms with E-state index in [9.17, 15) is 0 Å². The zero-order chi connectivity index (χ0) is 14.3. The number of nitrogens with zero attached hydrogens (tertiary/aromatic N) is 1. The first kappa shape index (κ1) is 16.6. The number of hydrogen-bond donors (Lipinski definition) is 1. The second kappa shape index (κ2) is 8.00. The summed E-state index contributed by atoms with van der Waals surface area (Å²) in [6.07, 6.45) is 1.11. The van der Waals surface area contributed by atoms with E-state index < -0.39 is 0 Å². The Kier molecular flexibility index (Phi) is 7.00. The third kappa shape index (κ3) is 7.06. The van der Waals surface area contributed by atoms with Crippen molar-refractivity contribution in [3.05, 3.63) is 22.4 Å². The zero-order valence-electron chi connectivity index (χ0n) is 12.9. The highest BCUT2D eigenvalue weighted by Crippen LogP contribution is 2.10. The van der Waals surface area contributed by atoms with Gasteiger partial charge in [0.1, 0.15) is 0 Å². The summed E-state index contributed by atoms with van der Waals surface area (Å²) >= 11 is 1.83. The second-order valence-electron chi connectivity index (χ2n) is 6.05. The minimum atomic E-state index is 0.153. The minimum absolute atomic E-state index is 0.153.